The molecule has 0 fully saturated rings. The van der Waals surface area contributed by atoms with E-state index in [0.29, 0.717) is 40.9 Å². The van der Waals surface area contributed by atoms with E-state index in [1.165, 1.54) is 0 Å². The number of methoxy groups -OCH3 is 2. The fourth-order valence-corrected chi connectivity index (χ4v) is 4.13. The van der Waals surface area contributed by atoms with E-state index in [0.717, 1.165) is 11.1 Å². The van der Waals surface area contributed by atoms with Crippen molar-refractivity contribution < 1.29 is 23.8 Å². The van der Waals surface area contributed by atoms with Crippen LogP contribution in [0.1, 0.15) is 44.2 Å². The molecule has 0 saturated carbocycles. The van der Waals surface area contributed by atoms with Gasteiger partial charge in [0.2, 0.25) is 5.91 Å². The highest BCUT2D eigenvalue weighted by molar-refractivity contribution is 6.30. The summed E-state index contributed by atoms with van der Waals surface area (Å²) in [7, 11) is 3.13. The van der Waals surface area contributed by atoms with Crippen molar-refractivity contribution in [3.05, 3.63) is 69.9 Å². The van der Waals surface area contributed by atoms with Crippen molar-refractivity contribution in [2.75, 3.05) is 20.8 Å². The summed E-state index contributed by atoms with van der Waals surface area (Å²) < 4.78 is 16.4. The molecule has 0 N–H and O–H groups in total. The van der Waals surface area contributed by atoms with E-state index in [1.54, 1.807) is 38.2 Å². The number of nitrogens with zero attached hydrogens (tertiary/aromatic N) is 1. The Morgan fingerprint density at radius 3 is 2.36 bits per heavy atom. The third kappa shape index (κ3) is 5.88. The SMILES string of the molecule is COc1cc(OC)cc(C2CC(=O)N(Cc3cccc(Cl)c3)C(C)=C2C(=O)OCC(C)C)c1. The Morgan fingerprint density at radius 1 is 1.12 bits per heavy atom. The second-order valence-corrected chi connectivity index (χ2v) is 8.94. The Labute approximate surface area is 200 Å². The third-order valence-corrected chi connectivity index (χ3v) is 5.83. The minimum Gasteiger partial charge on any atom is -0.497 e. The second-order valence-electron chi connectivity index (χ2n) is 8.50. The van der Waals surface area contributed by atoms with E-state index in [9.17, 15) is 9.59 Å². The minimum absolute atomic E-state index is 0.0836. The van der Waals surface area contributed by atoms with Crippen molar-refractivity contribution in [1.29, 1.82) is 0 Å². The number of allylic oxidation sites excluding steroid dienone is 1. The lowest BCUT2D eigenvalue weighted by Gasteiger charge is -2.35. The number of carbonyl (C=O) groups excluding carboxylic acids is 2. The molecule has 1 heterocycles. The van der Waals surface area contributed by atoms with Gasteiger partial charge in [0.25, 0.3) is 0 Å². The van der Waals surface area contributed by atoms with E-state index in [-0.39, 0.29) is 18.2 Å². The van der Waals surface area contributed by atoms with E-state index in [1.807, 2.05) is 44.2 Å². The van der Waals surface area contributed by atoms with E-state index < -0.39 is 11.9 Å². The molecule has 7 heteroatoms. The first-order chi connectivity index (χ1) is 15.7. The summed E-state index contributed by atoms with van der Waals surface area (Å²) in [5.41, 5.74) is 2.68. The van der Waals surface area contributed by atoms with Gasteiger partial charge in [0.15, 0.2) is 0 Å². The minimum atomic E-state index is -0.475. The molecule has 0 spiro atoms. The molecule has 2 aromatic carbocycles. The summed E-state index contributed by atoms with van der Waals surface area (Å²) in [4.78, 5) is 28.2. The van der Waals surface area contributed by atoms with Gasteiger partial charge in [-0.1, -0.05) is 37.6 Å². The molecule has 0 aromatic heterocycles. The number of amides is 1. The van der Waals surface area contributed by atoms with Crippen LogP contribution in [0.15, 0.2) is 53.7 Å². The zero-order chi connectivity index (χ0) is 24.1. The van der Waals surface area contributed by atoms with Crippen molar-refractivity contribution >= 4 is 23.5 Å². The summed E-state index contributed by atoms with van der Waals surface area (Å²) in [5.74, 6) is 0.391. The summed E-state index contributed by atoms with van der Waals surface area (Å²) in [5, 5.41) is 0.594. The van der Waals surface area contributed by atoms with Gasteiger partial charge in [0.05, 0.1) is 32.9 Å². The van der Waals surface area contributed by atoms with Crippen LogP contribution in [-0.4, -0.2) is 37.6 Å². The zero-order valence-corrected chi connectivity index (χ0v) is 20.4. The lowest BCUT2D eigenvalue weighted by molar-refractivity contribution is -0.141. The van der Waals surface area contributed by atoms with Gasteiger partial charge in [-0.2, -0.15) is 0 Å². The number of halogens is 1. The van der Waals surface area contributed by atoms with Gasteiger partial charge in [-0.3, -0.25) is 4.79 Å². The predicted octanol–water partition coefficient (Wildman–Crippen LogP) is 5.35. The predicted molar refractivity (Wildman–Crippen MR) is 127 cm³/mol. The standard InChI is InChI=1S/C26H30ClNO5/c1-16(2)15-33-26(30)25-17(3)28(14-18-7-6-8-20(27)9-18)24(29)13-23(25)19-10-21(31-4)12-22(11-19)32-5/h6-12,16,23H,13-15H2,1-5H3. The summed E-state index contributed by atoms with van der Waals surface area (Å²) in [6.07, 6.45) is 0.125. The van der Waals surface area contributed by atoms with E-state index in [2.05, 4.69) is 0 Å². The number of hydrogen-bond acceptors (Lipinski definition) is 5. The van der Waals surface area contributed by atoms with Gasteiger partial charge < -0.3 is 19.1 Å². The lowest BCUT2D eigenvalue weighted by Crippen LogP contribution is -2.38. The molecule has 176 valence electrons. The number of carbonyl (C=O) groups is 2. The molecular weight excluding hydrogens is 442 g/mol. The van der Waals surface area contributed by atoms with Crippen molar-refractivity contribution in [1.82, 2.24) is 4.90 Å². The van der Waals surface area contributed by atoms with Crippen LogP contribution in [0.5, 0.6) is 11.5 Å². The Hall–Kier alpha value is -2.99. The summed E-state index contributed by atoms with van der Waals surface area (Å²) in [6, 6.07) is 12.8. The normalized spacial score (nSPS) is 16.3. The average molecular weight is 472 g/mol. The van der Waals surface area contributed by atoms with Crippen molar-refractivity contribution in [2.45, 2.75) is 39.7 Å². The molecule has 1 unspecified atom stereocenters. The Kier molecular flexibility index (Phi) is 8.03. The van der Waals surface area contributed by atoms with Crippen LogP contribution in [0.3, 0.4) is 0 Å². The van der Waals surface area contributed by atoms with Gasteiger partial charge >= 0.3 is 5.97 Å². The first-order valence-corrected chi connectivity index (χ1v) is 11.3. The first kappa shape index (κ1) is 24.6. The smallest absolute Gasteiger partial charge is 0.336 e. The van der Waals surface area contributed by atoms with Gasteiger partial charge in [-0.05, 0) is 48.2 Å². The number of benzene rings is 2. The van der Waals surface area contributed by atoms with Gasteiger partial charge in [0.1, 0.15) is 11.5 Å². The molecule has 1 amide bonds. The number of esters is 1. The molecule has 6 nitrogen and oxygen atoms in total. The molecule has 2 aromatic rings. The van der Waals surface area contributed by atoms with Crippen molar-refractivity contribution in [3.8, 4) is 11.5 Å². The molecule has 1 aliphatic rings. The van der Waals surface area contributed by atoms with Crippen LogP contribution in [0.2, 0.25) is 5.02 Å². The summed E-state index contributed by atoms with van der Waals surface area (Å²) in [6.45, 7) is 6.37. The fourth-order valence-electron chi connectivity index (χ4n) is 3.92. The Morgan fingerprint density at radius 2 is 1.79 bits per heavy atom. The lowest BCUT2D eigenvalue weighted by atomic mass is 9.83. The van der Waals surface area contributed by atoms with Crippen LogP contribution in [0.4, 0.5) is 0 Å². The van der Waals surface area contributed by atoms with Crippen molar-refractivity contribution in [3.63, 3.8) is 0 Å². The maximum absolute atomic E-state index is 13.3. The molecular formula is C26H30ClNO5. The monoisotopic (exact) mass is 471 g/mol. The first-order valence-electron chi connectivity index (χ1n) is 10.9. The van der Waals surface area contributed by atoms with Gasteiger partial charge in [-0.25, -0.2) is 4.79 Å². The largest absolute Gasteiger partial charge is 0.497 e. The quantitative estimate of drug-likeness (QED) is 0.486. The van der Waals surface area contributed by atoms with Crippen LogP contribution in [-0.2, 0) is 20.9 Å². The highest BCUT2D eigenvalue weighted by Gasteiger charge is 2.37. The van der Waals surface area contributed by atoms with Crippen LogP contribution >= 0.6 is 11.6 Å². The third-order valence-electron chi connectivity index (χ3n) is 5.60. The molecule has 1 aliphatic heterocycles. The van der Waals surface area contributed by atoms with E-state index in [4.69, 9.17) is 25.8 Å². The number of hydrogen-bond donors (Lipinski definition) is 0. The molecule has 33 heavy (non-hydrogen) atoms. The molecule has 0 bridgehead atoms. The molecule has 0 aliphatic carbocycles. The average Bonchev–Trinajstić information content (AvgIpc) is 2.79. The van der Waals surface area contributed by atoms with Gasteiger partial charge in [-0.15, -0.1) is 0 Å². The molecule has 0 radical (unpaired) electrons. The maximum atomic E-state index is 13.3. The molecule has 3 rings (SSSR count). The van der Waals surface area contributed by atoms with Crippen LogP contribution in [0.25, 0.3) is 0 Å². The fraction of sp³-hybridized carbons (Fsp3) is 0.385. The number of rotatable bonds is 8. The number of ether oxygens (including phenoxy) is 3. The Bertz CT molecular complexity index is 1040. The van der Waals surface area contributed by atoms with Crippen LogP contribution < -0.4 is 9.47 Å². The van der Waals surface area contributed by atoms with Gasteiger partial charge in [0, 0.05) is 29.1 Å². The topological polar surface area (TPSA) is 65.1 Å². The maximum Gasteiger partial charge on any atom is 0.336 e. The molecule has 1 atom stereocenters. The zero-order valence-electron chi connectivity index (χ0n) is 19.7. The van der Waals surface area contributed by atoms with E-state index >= 15 is 0 Å². The summed E-state index contributed by atoms with van der Waals surface area (Å²) >= 11 is 6.13. The highest BCUT2D eigenvalue weighted by Crippen LogP contribution is 2.40. The second kappa shape index (κ2) is 10.8. The van der Waals surface area contributed by atoms with Crippen molar-refractivity contribution in [2.24, 2.45) is 5.92 Å². The Balaban J connectivity index is 2.07. The highest BCUT2D eigenvalue weighted by atomic mass is 35.5. The van der Waals surface area contributed by atoms with Crippen LogP contribution in [0, 0.1) is 5.92 Å². The molecule has 0 saturated heterocycles.